The van der Waals surface area contributed by atoms with Crippen LogP contribution in [-0.2, 0) is 11.2 Å². The fourth-order valence-corrected chi connectivity index (χ4v) is 2.28. The molecule has 0 fully saturated rings. The molecule has 2 aromatic rings. The highest BCUT2D eigenvalue weighted by Gasteiger charge is 2.25. The molecule has 0 aliphatic heterocycles. The predicted octanol–water partition coefficient (Wildman–Crippen LogP) is 1.98. The van der Waals surface area contributed by atoms with E-state index >= 15 is 0 Å². The molecule has 0 aliphatic carbocycles. The van der Waals surface area contributed by atoms with Crippen molar-refractivity contribution in [2.24, 2.45) is 5.92 Å². The highest BCUT2D eigenvalue weighted by molar-refractivity contribution is 5.95. The Kier molecular flexibility index (Phi) is 6.01. The Labute approximate surface area is 141 Å². The third kappa shape index (κ3) is 4.87. The maximum atomic E-state index is 12.4. The maximum absolute atomic E-state index is 12.4. The van der Waals surface area contributed by atoms with Gasteiger partial charge in [-0.3, -0.25) is 9.59 Å². The van der Waals surface area contributed by atoms with Crippen LogP contribution in [0.2, 0.25) is 0 Å². The Morgan fingerprint density at radius 3 is 2.46 bits per heavy atom. The molecule has 0 radical (unpaired) electrons. The summed E-state index contributed by atoms with van der Waals surface area (Å²) in [4.78, 5) is 24.4. The SMILES string of the molecule is CC(C)C(NC(=O)c1ccco1)C(=O)NCCc1ccc(N)cc1. The minimum Gasteiger partial charge on any atom is -0.459 e. The number of carbonyl (C=O) groups is 2. The number of carbonyl (C=O) groups excluding carboxylic acids is 2. The molecule has 0 bridgehead atoms. The minimum absolute atomic E-state index is 0.0413. The highest BCUT2D eigenvalue weighted by atomic mass is 16.3. The van der Waals surface area contributed by atoms with E-state index < -0.39 is 11.9 Å². The molecule has 0 aliphatic rings. The number of nitrogens with two attached hydrogens (primary N) is 1. The molecule has 128 valence electrons. The van der Waals surface area contributed by atoms with E-state index in [-0.39, 0.29) is 17.6 Å². The largest absolute Gasteiger partial charge is 0.459 e. The van der Waals surface area contributed by atoms with Gasteiger partial charge in [-0.2, -0.15) is 0 Å². The fraction of sp³-hybridized carbons (Fsp3) is 0.333. The van der Waals surface area contributed by atoms with Crippen LogP contribution < -0.4 is 16.4 Å². The van der Waals surface area contributed by atoms with Crippen LogP contribution in [0, 0.1) is 5.92 Å². The van der Waals surface area contributed by atoms with Gasteiger partial charge in [-0.1, -0.05) is 26.0 Å². The normalized spacial score (nSPS) is 12.0. The van der Waals surface area contributed by atoms with E-state index in [0.717, 1.165) is 5.56 Å². The second-order valence-corrected chi connectivity index (χ2v) is 5.96. The van der Waals surface area contributed by atoms with Gasteiger partial charge in [0, 0.05) is 12.2 Å². The van der Waals surface area contributed by atoms with Crippen molar-refractivity contribution in [3.05, 3.63) is 54.0 Å². The molecule has 1 aromatic heterocycles. The van der Waals surface area contributed by atoms with Crippen molar-refractivity contribution in [2.75, 3.05) is 12.3 Å². The van der Waals surface area contributed by atoms with Crippen LogP contribution >= 0.6 is 0 Å². The average molecular weight is 329 g/mol. The van der Waals surface area contributed by atoms with E-state index in [1.165, 1.54) is 6.26 Å². The van der Waals surface area contributed by atoms with Gasteiger partial charge in [0.25, 0.3) is 5.91 Å². The van der Waals surface area contributed by atoms with Gasteiger partial charge in [-0.05, 0) is 42.2 Å². The Hall–Kier alpha value is -2.76. The zero-order valence-corrected chi connectivity index (χ0v) is 13.9. The minimum atomic E-state index is -0.617. The van der Waals surface area contributed by atoms with Gasteiger partial charge in [-0.15, -0.1) is 0 Å². The number of rotatable bonds is 7. The first-order valence-corrected chi connectivity index (χ1v) is 7.94. The molecular formula is C18H23N3O3. The van der Waals surface area contributed by atoms with E-state index in [4.69, 9.17) is 10.2 Å². The molecule has 1 aromatic carbocycles. The van der Waals surface area contributed by atoms with Gasteiger partial charge in [-0.25, -0.2) is 0 Å². The molecule has 1 atom stereocenters. The zero-order chi connectivity index (χ0) is 17.5. The maximum Gasteiger partial charge on any atom is 0.287 e. The van der Waals surface area contributed by atoms with Gasteiger partial charge in [0.05, 0.1) is 6.26 Å². The number of hydrogen-bond donors (Lipinski definition) is 3. The second-order valence-electron chi connectivity index (χ2n) is 5.96. The van der Waals surface area contributed by atoms with Crippen molar-refractivity contribution in [1.82, 2.24) is 10.6 Å². The summed E-state index contributed by atoms with van der Waals surface area (Å²) < 4.78 is 5.05. The fourth-order valence-electron chi connectivity index (χ4n) is 2.28. The lowest BCUT2D eigenvalue weighted by molar-refractivity contribution is -0.123. The van der Waals surface area contributed by atoms with Gasteiger partial charge in [0.1, 0.15) is 6.04 Å². The van der Waals surface area contributed by atoms with Crippen LogP contribution in [-0.4, -0.2) is 24.4 Å². The van der Waals surface area contributed by atoms with Crippen molar-refractivity contribution in [1.29, 1.82) is 0 Å². The van der Waals surface area contributed by atoms with Crippen LogP contribution in [0.3, 0.4) is 0 Å². The van der Waals surface area contributed by atoms with Gasteiger partial charge < -0.3 is 20.8 Å². The van der Waals surface area contributed by atoms with Crippen molar-refractivity contribution in [3.63, 3.8) is 0 Å². The predicted molar refractivity (Wildman–Crippen MR) is 92.4 cm³/mol. The summed E-state index contributed by atoms with van der Waals surface area (Å²) in [6.45, 7) is 4.25. The first-order chi connectivity index (χ1) is 11.5. The number of nitrogen functional groups attached to an aromatic ring is 1. The van der Waals surface area contributed by atoms with Crippen LogP contribution in [0.15, 0.2) is 47.1 Å². The van der Waals surface area contributed by atoms with Crippen LogP contribution in [0.4, 0.5) is 5.69 Å². The molecule has 1 unspecified atom stereocenters. The third-order valence-electron chi connectivity index (χ3n) is 3.67. The number of anilines is 1. The summed E-state index contributed by atoms with van der Waals surface area (Å²) >= 11 is 0. The van der Waals surface area contributed by atoms with Crippen LogP contribution in [0.5, 0.6) is 0 Å². The number of furan rings is 1. The molecule has 4 N–H and O–H groups in total. The molecule has 0 saturated heterocycles. The second kappa shape index (κ2) is 8.19. The standard InChI is InChI=1S/C18H23N3O3/c1-12(2)16(21-17(22)15-4-3-11-24-15)18(23)20-10-9-13-5-7-14(19)8-6-13/h3-8,11-12,16H,9-10,19H2,1-2H3,(H,20,23)(H,21,22). The Morgan fingerprint density at radius 1 is 1.17 bits per heavy atom. The van der Waals surface area contributed by atoms with Gasteiger partial charge >= 0.3 is 0 Å². The summed E-state index contributed by atoms with van der Waals surface area (Å²) in [5.74, 6) is -0.455. The summed E-state index contributed by atoms with van der Waals surface area (Å²) in [6, 6.07) is 10.1. The summed E-state index contributed by atoms with van der Waals surface area (Å²) in [5, 5.41) is 5.58. The highest BCUT2D eigenvalue weighted by Crippen LogP contribution is 2.07. The molecule has 1 heterocycles. The van der Waals surface area contributed by atoms with Crippen molar-refractivity contribution in [2.45, 2.75) is 26.3 Å². The van der Waals surface area contributed by atoms with E-state index in [0.29, 0.717) is 18.7 Å². The summed E-state index contributed by atoms with van der Waals surface area (Å²) in [7, 11) is 0. The number of amides is 2. The average Bonchev–Trinajstić information content (AvgIpc) is 3.08. The third-order valence-corrected chi connectivity index (χ3v) is 3.67. The van der Waals surface area contributed by atoms with E-state index in [9.17, 15) is 9.59 Å². The lowest BCUT2D eigenvalue weighted by Gasteiger charge is -2.21. The quantitative estimate of drug-likeness (QED) is 0.677. The topological polar surface area (TPSA) is 97.4 Å². The molecule has 6 nitrogen and oxygen atoms in total. The molecular weight excluding hydrogens is 306 g/mol. The molecule has 6 heteroatoms. The zero-order valence-electron chi connectivity index (χ0n) is 13.9. The van der Waals surface area contributed by atoms with Crippen molar-refractivity contribution in [3.8, 4) is 0 Å². The van der Waals surface area contributed by atoms with Crippen LogP contribution in [0.1, 0.15) is 30.0 Å². The number of benzene rings is 1. The molecule has 2 rings (SSSR count). The number of hydrogen-bond acceptors (Lipinski definition) is 4. The lowest BCUT2D eigenvalue weighted by atomic mass is 10.0. The summed E-state index contributed by atoms with van der Waals surface area (Å²) in [6.07, 6.45) is 2.12. The molecule has 2 amide bonds. The van der Waals surface area contributed by atoms with Gasteiger partial charge in [0.2, 0.25) is 5.91 Å². The first kappa shape index (κ1) is 17.6. The molecule has 0 spiro atoms. The molecule has 0 saturated carbocycles. The van der Waals surface area contributed by atoms with E-state index in [1.807, 2.05) is 38.1 Å². The Balaban J connectivity index is 1.87. The Bertz CT molecular complexity index is 663. The Morgan fingerprint density at radius 2 is 1.88 bits per heavy atom. The lowest BCUT2D eigenvalue weighted by Crippen LogP contribution is -2.50. The van der Waals surface area contributed by atoms with Crippen molar-refractivity contribution < 1.29 is 14.0 Å². The monoisotopic (exact) mass is 329 g/mol. The van der Waals surface area contributed by atoms with E-state index in [1.54, 1.807) is 12.1 Å². The molecule has 24 heavy (non-hydrogen) atoms. The smallest absolute Gasteiger partial charge is 0.287 e. The van der Waals surface area contributed by atoms with Gasteiger partial charge in [0.15, 0.2) is 5.76 Å². The number of nitrogens with one attached hydrogen (secondary N) is 2. The summed E-state index contributed by atoms with van der Waals surface area (Å²) in [5.41, 5.74) is 7.45. The van der Waals surface area contributed by atoms with Crippen molar-refractivity contribution >= 4 is 17.5 Å². The van der Waals surface area contributed by atoms with E-state index in [2.05, 4.69) is 10.6 Å². The van der Waals surface area contributed by atoms with Crippen LogP contribution in [0.25, 0.3) is 0 Å². The first-order valence-electron chi connectivity index (χ1n) is 7.94.